The Bertz CT molecular complexity index is 3370. The summed E-state index contributed by atoms with van der Waals surface area (Å²) in [7, 11) is 0. The molecular formula is C58H42N6. The largest absolute Gasteiger partial charge is 0.309 e. The van der Waals surface area contributed by atoms with Crippen LogP contribution in [0.3, 0.4) is 0 Å². The van der Waals surface area contributed by atoms with Gasteiger partial charge in [-0.1, -0.05) is 163 Å². The number of hydrogen-bond acceptors (Lipinski definition) is 5. The van der Waals surface area contributed by atoms with Gasteiger partial charge in [0.1, 0.15) is 0 Å². The highest BCUT2D eigenvalue weighted by molar-refractivity contribution is 6.11. The van der Waals surface area contributed by atoms with Crippen LogP contribution in [-0.2, 0) is 0 Å². The van der Waals surface area contributed by atoms with Crippen LogP contribution in [0, 0.1) is 20.8 Å². The van der Waals surface area contributed by atoms with Gasteiger partial charge < -0.3 is 4.57 Å². The van der Waals surface area contributed by atoms with Crippen LogP contribution < -0.4 is 0 Å². The fourth-order valence-electron chi connectivity index (χ4n) is 9.09. The molecule has 0 aliphatic heterocycles. The Labute approximate surface area is 372 Å². The highest BCUT2D eigenvalue weighted by atomic mass is 15.0. The summed E-state index contributed by atoms with van der Waals surface area (Å²) in [6.07, 6.45) is 0. The van der Waals surface area contributed by atoms with Crippen molar-refractivity contribution in [1.82, 2.24) is 29.5 Å². The van der Waals surface area contributed by atoms with E-state index in [1.807, 2.05) is 97.1 Å². The Morgan fingerprint density at radius 1 is 0.328 bits per heavy atom. The van der Waals surface area contributed by atoms with Crippen LogP contribution in [0.25, 0.3) is 107 Å². The first-order valence-corrected chi connectivity index (χ1v) is 21.6. The number of para-hydroxylation sites is 1. The van der Waals surface area contributed by atoms with Crippen molar-refractivity contribution in [3.05, 3.63) is 217 Å². The van der Waals surface area contributed by atoms with E-state index in [4.69, 9.17) is 24.9 Å². The van der Waals surface area contributed by atoms with Gasteiger partial charge in [-0.05, 0) is 85.5 Å². The van der Waals surface area contributed by atoms with Gasteiger partial charge in [0.2, 0.25) is 0 Å². The SMILES string of the molecule is Cc1cc(C)c(-c2ccc3c(c2)c2ccccc2n3-c2ccc(-c3nc(-c4ccccc4)nc(-c4ccccc4)n3)cc2-c2nc(-c3ccccc3)cc(-c3ccccc3)n2)c(C)c1. The third-order valence-corrected chi connectivity index (χ3v) is 11.9. The molecule has 0 fully saturated rings. The number of nitrogens with zero attached hydrogens (tertiary/aromatic N) is 6. The van der Waals surface area contributed by atoms with Crippen LogP contribution in [0.1, 0.15) is 16.7 Å². The third kappa shape index (κ3) is 7.11. The van der Waals surface area contributed by atoms with Crippen molar-refractivity contribution in [2.24, 2.45) is 0 Å². The standard InChI is InChI=1S/C58H42N6/c1-37-32-38(2)54(39(3)33-37)44-28-30-52-47(34-44)46-26-16-17-27-51(46)64(52)53-31-29-45(57-62-55(42-22-12-6-13-23-42)61-56(63-57)43-24-14-7-15-25-43)35-48(53)58-59-49(40-18-8-4-9-19-40)36-50(60-58)41-20-10-5-11-21-41/h4-36H,1-3H3. The minimum absolute atomic E-state index is 0.554. The molecule has 0 unspecified atom stereocenters. The topological polar surface area (TPSA) is 69.4 Å². The summed E-state index contributed by atoms with van der Waals surface area (Å²) in [6, 6.07) is 69.4. The number of benzene rings is 8. The summed E-state index contributed by atoms with van der Waals surface area (Å²) in [5.41, 5.74) is 16.5. The van der Waals surface area contributed by atoms with E-state index in [0.717, 1.165) is 66.9 Å². The lowest BCUT2D eigenvalue weighted by molar-refractivity contribution is 1.07. The zero-order valence-electron chi connectivity index (χ0n) is 35.7. The lowest BCUT2D eigenvalue weighted by atomic mass is 9.93. The van der Waals surface area contributed by atoms with Crippen LogP contribution in [0.5, 0.6) is 0 Å². The first-order chi connectivity index (χ1) is 31.4. The van der Waals surface area contributed by atoms with E-state index in [0.29, 0.717) is 23.3 Å². The lowest BCUT2D eigenvalue weighted by Gasteiger charge is -2.17. The second-order valence-corrected chi connectivity index (χ2v) is 16.3. The minimum atomic E-state index is 0.554. The van der Waals surface area contributed by atoms with Gasteiger partial charge in [0, 0.05) is 44.2 Å². The van der Waals surface area contributed by atoms with Crippen molar-refractivity contribution < 1.29 is 0 Å². The Hall–Kier alpha value is -8.35. The third-order valence-electron chi connectivity index (χ3n) is 11.9. The van der Waals surface area contributed by atoms with Crippen molar-refractivity contribution in [2.45, 2.75) is 20.8 Å². The van der Waals surface area contributed by atoms with E-state index in [1.165, 1.54) is 33.2 Å². The molecule has 0 bridgehead atoms. The molecule has 0 aliphatic rings. The van der Waals surface area contributed by atoms with E-state index in [1.54, 1.807) is 0 Å². The number of rotatable bonds is 8. The summed E-state index contributed by atoms with van der Waals surface area (Å²) < 4.78 is 2.36. The molecule has 0 atom stereocenters. The average Bonchev–Trinajstić information content (AvgIpc) is 3.68. The molecule has 11 aromatic rings. The zero-order valence-corrected chi connectivity index (χ0v) is 35.7. The molecule has 0 N–H and O–H groups in total. The summed E-state index contributed by atoms with van der Waals surface area (Å²) >= 11 is 0. The number of aromatic nitrogens is 6. The van der Waals surface area contributed by atoms with E-state index in [9.17, 15) is 0 Å². The molecule has 0 spiro atoms. The van der Waals surface area contributed by atoms with Gasteiger partial charge in [-0.3, -0.25) is 0 Å². The van der Waals surface area contributed by atoms with Gasteiger partial charge in [0.05, 0.1) is 28.1 Å². The van der Waals surface area contributed by atoms with Crippen molar-refractivity contribution in [3.8, 4) is 84.9 Å². The lowest BCUT2D eigenvalue weighted by Crippen LogP contribution is -2.04. The van der Waals surface area contributed by atoms with Crippen molar-refractivity contribution in [1.29, 1.82) is 0 Å². The van der Waals surface area contributed by atoms with Gasteiger partial charge in [-0.15, -0.1) is 0 Å². The Morgan fingerprint density at radius 3 is 1.36 bits per heavy atom. The molecule has 0 saturated carbocycles. The Balaban J connectivity index is 1.19. The van der Waals surface area contributed by atoms with Crippen LogP contribution in [0.4, 0.5) is 0 Å². The summed E-state index contributed by atoms with van der Waals surface area (Å²) in [4.78, 5) is 26.1. The molecule has 0 radical (unpaired) electrons. The quantitative estimate of drug-likeness (QED) is 0.153. The smallest absolute Gasteiger partial charge is 0.164 e. The van der Waals surface area contributed by atoms with Crippen LogP contribution in [0.15, 0.2) is 200 Å². The predicted octanol–water partition coefficient (Wildman–Crippen LogP) is 14.4. The normalized spacial score (nSPS) is 11.4. The maximum absolute atomic E-state index is 5.40. The Kier molecular flexibility index (Phi) is 9.74. The highest BCUT2D eigenvalue weighted by Crippen LogP contribution is 2.41. The van der Waals surface area contributed by atoms with E-state index in [2.05, 4.69) is 128 Å². The predicted molar refractivity (Wildman–Crippen MR) is 262 cm³/mol. The highest BCUT2D eigenvalue weighted by Gasteiger charge is 2.22. The molecular weight excluding hydrogens is 781 g/mol. The van der Waals surface area contributed by atoms with Crippen LogP contribution >= 0.6 is 0 Å². The van der Waals surface area contributed by atoms with Gasteiger partial charge in [0.15, 0.2) is 23.3 Å². The van der Waals surface area contributed by atoms with Gasteiger partial charge in [-0.2, -0.15) is 0 Å². The molecule has 6 nitrogen and oxygen atoms in total. The minimum Gasteiger partial charge on any atom is -0.309 e. The second-order valence-electron chi connectivity index (χ2n) is 16.3. The maximum Gasteiger partial charge on any atom is 0.164 e. The van der Waals surface area contributed by atoms with E-state index < -0.39 is 0 Å². The average molecular weight is 823 g/mol. The monoisotopic (exact) mass is 822 g/mol. The van der Waals surface area contributed by atoms with E-state index in [-0.39, 0.29) is 0 Å². The zero-order chi connectivity index (χ0) is 43.1. The molecule has 0 aliphatic carbocycles. The number of hydrogen-bond donors (Lipinski definition) is 0. The van der Waals surface area contributed by atoms with Crippen molar-refractivity contribution in [3.63, 3.8) is 0 Å². The molecule has 64 heavy (non-hydrogen) atoms. The van der Waals surface area contributed by atoms with Gasteiger partial charge in [0.25, 0.3) is 0 Å². The molecule has 6 heteroatoms. The van der Waals surface area contributed by atoms with Crippen molar-refractivity contribution >= 4 is 21.8 Å². The molecule has 0 amide bonds. The first-order valence-electron chi connectivity index (χ1n) is 21.6. The summed E-state index contributed by atoms with van der Waals surface area (Å²) in [5, 5.41) is 2.34. The molecule has 8 aromatic carbocycles. The first kappa shape index (κ1) is 38.6. The molecule has 304 valence electrons. The fourth-order valence-corrected chi connectivity index (χ4v) is 9.09. The fraction of sp³-hybridized carbons (Fsp3) is 0.0517. The van der Waals surface area contributed by atoms with E-state index >= 15 is 0 Å². The maximum atomic E-state index is 5.40. The van der Waals surface area contributed by atoms with Gasteiger partial charge in [-0.25, -0.2) is 24.9 Å². The summed E-state index contributed by atoms with van der Waals surface area (Å²) in [6.45, 7) is 6.58. The van der Waals surface area contributed by atoms with Gasteiger partial charge >= 0.3 is 0 Å². The second kappa shape index (κ2) is 16.2. The Morgan fingerprint density at radius 2 is 0.797 bits per heavy atom. The summed E-state index contributed by atoms with van der Waals surface area (Å²) in [5.74, 6) is 2.34. The number of fused-ring (bicyclic) bond motifs is 3. The molecule has 0 saturated heterocycles. The number of aryl methyl sites for hydroxylation is 3. The van der Waals surface area contributed by atoms with Crippen LogP contribution in [-0.4, -0.2) is 29.5 Å². The van der Waals surface area contributed by atoms with Crippen LogP contribution in [0.2, 0.25) is 0 Å². The van der Waals surface area contributed by atoms with Crippen molar-refractivity contribution in [2.75, 3.05) is 0 Å². The molecule has 3 heterocycles. The molecule has 3 aromatic heterocycles. The molecule has 11 rings (SSSR count).